The Labute approximate surface area is 62.3 Å². The van der Waals surface area contributed by atoms with Gasteiger partial charge in [-0.1, -0.05) is 0 Å². The van der Waals surface area contributed by atoms with Crippen molar-refractivity contribution >= 4 is 5.97 Å². The molecule has 0 fully saturated rings. The van der Waals surface area contributed by atoms with Crippen LogP contribution in [0.25, 0.3) is 0 Å². The summed E-state index contributed by atoms with van der Waals surface area (Å²) < 4.78 is 4.66. The highest BCUT2D eigenvalue weighted by molar-refractivity contribution is 5.82. The van der Waals surface area contributed by atoms with Gasteiger partial charge in [0.2, 0.25) is 0 Å². The number of hydrogen-bond donors (Lipinski definition) is 2. The fourth-order valence-electron chi connectivity index (χ4n) is 0.666. The zero-order valence-electron chi connectivity index (χ0n) is 5.87. The van der Waals surface area contributed by atoms with Crippen LogP contribution in [0.15, 0.2) is 4.42 Å². The van der Waals surface area contributed by atoms with Crippen molar-refractivity contribution < 1.29 is 19.4 Å². The monoisotopic (exact) mass is 157 g/mol. The topological polar surface area (TPSA) is 83.6 Å². The molecule has 1 aromatic heterocycles. The summed E-state index contributed by atoms with van der Waals surface area (Å²) in [6, 6.07) is 0. The van der Waals surface area contributed by atoms with E-state index in [9.17, 15) is 4.79 Å². The Morgan fingerprint density at radius 3 is 2.64 bits per heavy atom. The van der Waals surface area contributed by atoms with Crippen molar-refractivity contribution in [3.05, 3.63) is 17.3 Å². The van der Waals surface area contributed by atoms with Crippen LogP contribution in [0.4, 0.5) is 0 Å². The molecule has 1 rings (SSSR count). The van der Waals surface area contributed by atoms with E-state index < -0.39 is 5.97 Å². The van der Waals surface area contributed by atoms with Gasteiger partial charge in [0.15, 0.2) is 5.76 Å². The third kappa shape index (κ3) is 1.38. The minimum atomic E-state index is -1.23. The largest absolute Gasteiger partial charge is 0.474 e. The van der Waals surface area contributed by atoms with Gasteiger partial charge in [-0.2, -0.15) is 0 Å². The first-order chi connectivity index (χ1) is 5.15. The van der Waals surface area contributed by atoms with Crippen LogP contribution in [0.1, 0.15) is 22.1 Å². The molecule has 0 atom stereocenters. The van der Waals surface area contributed by atoms with E-state index >= 15 is 0 Å². The van der Waals surface area contributed by atoms with Gasteiger partial charge >= 0.3 is 11.9 Å². The number of rotatable bonds is 2. The van der Waals surface area contributed by atoms with E-state index in [-0.39, 0.29) is 18.3 Å². The molecule has 0 aliphatic heterocycles. The summed E-state index contributed by atoms with van der Waals surface area (Å²) in [7, 11) is 0. The summed E-state index contributed by atoms with van der Waals surface area (Å²) >= 11 is 0. The molecule has 0 aliphatic rings. The lowest BCUT2D eigenvalue weighted by Gasteiger charge is -1.85. The summed E-state index contributed by atoms with van der Waals surface area (Å²) in [6.45, 7) is 1.24. The molecule has 0 radical (unpaired) electrons. The smallest absolute Gasteiger partial charge is 0.392 e. The molecular weight excluding hydrogens is 150 g/mol. The van der Waals surface area contributed by atoms with E-state index in [0.717, 1.165) is 0 Å². The molecular formula is C6H7NO4. The lowest BCUT2D eigenvalue weighted by atomic mass is 10.4. The second-order valence-corrected chi connectivity index (χ2v) is 1.99. The number of aromatic nitrogens is 1. The van der Waals surface area contributed by atoms with E-state index in [1.165, 1.54) is 0 Å². The first kappa shape index (κ1) is 7.74. The van der Waals surface area contributed by atoms with Gasteiger partial charge in [0, 0.05) is 0 Å². The van der Waals surface area contributed by atoms with Crippen molar-refractivity contribution in [1.29, 1.82) is 0 Å². The number of aliphatic hydroxyl groups excluding tert-OH is 1. The van der Waals surface area contributed by atoms with Crippen molar-refractivity contribution in [3.63, 3.8) is 0 Å². The highest BCUT2D eigenvalue weighted by Crippen LogP contribution is 2.09. The second kappa shape index (κ2) is 2.71. The number of aromatic carboxylic acids is 1. The van der Waals surface area contributed by atoms with Gasteiger partial charge in [-0.05, 0) is 6.92 Å². The molecule has 0 unspecified atom stereocenters. The average molecular weight is 157 g/mol. The van der Waals surface area contributed by atoms with Gasteiger partial charge in [0.05, 0.1) is 5.69 Å². The normalized spacial score (nSPS) is 10.0. The van der Waals surface area contributed by atoms with Crippen molar-refractivity contribution in [2.75, 3.05) is 0 Å². The summed E-state index contributed by atoms with van der Waals surface area (Å²) in [4.78, 5) is 13.8. The van der Waals surface area contributed by atoms with Crippen molar-refractivity contribution in [1.82, 2.24) is 4.98 Å². The minimum absolute atomic E-state index is 0.197. The van der Waals surface area contributed by atoms with E-state index in [0.29, 0.717) is 5.69 Å². The lowest BCUT2D eigenvalue weighted by molar-refractivity contribution is 0.0649. The zero-order valence-corrected chi connectivity index (χ0v) is 5.87. The Bertz CT molecular complexity index is 278. The predicted molar refractivity (Wildman–Crippen MR) is 34.1 cm³/mol. The molecule has 11 heavy (non-hydrogen) atoms. The molecule has 0 saturated heterocycles. The predicted octanol–water partition coefficient (Wildman–Crippen LogP) is 0.174. The molecule has 2 N–H and O–H groups in total. The Morgan fingerprint density at radius 2 is 2.36 bits per heavy atom. The second-order valence-electron chi connectivity index (χ2n) is 1.99. The highest BCUT2D eigenvalue weighted by atomic mass is 16.4. The molecule has 5 nitrogen and oxygen atoms in total. The van der Waals surface area contributed by atoms with Crippen LogP contribution < -0.4 is 0 Å². The van der Waals surface area contributed by atoms with E-state index in [2.05, 4.69) is 9.40 Å². The fraction of sp³-hybridized carbons (Fsp3) is 0.333. The Morgan fingerprint density at radius 1 is 1.73 bits per heavy atom. The van der Waals surface area contributed by atoms with Gasteiger partial charge in [-0.25, -0.2) is 9.78 Å². The SMILES string of the molecule is Cc1nc(C(=O)O)oc1CO. The van der Waals surface area contributed by atoms with Crippen molar-refractivity contribution in [2.24, 2.45) is 0 Å². The van der Waals surface area contributed by atoms with E-state index in [4.69, 9.17) is 10.2 Å². The van der Waals surface area contributed by atoms with Crippen LogP contribution in [0, 0.1) is 6.92 Å². The van der Waals surface area contributed by atoms with Gasteiger partial charge in [0.1, 0.15) is 6.61 Å². The van der Waals surface area contributed by atoms with Gasteiger partial charge in [-0.3, -0.25) is 0 Å². The van der Waals surface area contributed by atoms with E-state index in [1.54, 1.807) is 6.92 Å². The Kier molecular flexibility index (Phi) is 1.91. The number of oxazole rings is 1. The van der Waals surface area contributed by atoms with Gasteiger partial charge < -0.3 is 14.6 Å². The molecule has 1 heterocycles. The minimum Gasteiger partial charge on any atom is -0.474 e. The molecule has 0 aromatic carbocycles. The molecule has 5 heteroatoms. The zero-order chi connectivity index (χ0) is 8.43. The standard InChI is InChI=1S/C6H7NO4/c1-3-4(2-8)11-5(7-3)6(9)10/h8H,2H2,1H3,(H,9,10). The maximum absolute atomic E-state index is 10.2. The Hall–Kier alpha value is -1.36. The van der Waals surface area contributed by atoms with Crippen LogP contribution in [0.3, 0.4) is 0 Å². The molecule has 0 saturated carbocycles. The quantitative estimate of drug-likeness (QED) is 0.639. The number of aryl methyl sites for hydroxylation is 1. The molecule has 0 spiro atoms. The molecule has 0 aliphatic carbocycles. The highest BCUT2D eigenvalue weighted by Gasteiger charge is 2.13. The number of aliphatic hydroxyl groups is 1. The number of hydrogen-bond acceptors (Lipinski definition) is 4. The summed E-state index contributed by atoms with van der Waals surface area (Å²) in [5.74, 6) is -1.42. The molecule has 60 valence electrons. The third-order valence-corrected chi connectivity index (χ3v) is 1.22. The maximum atomic E-state index is 10.2. The molecule has 1 aromatic rings. The summed E-state index contributed by atoms with van der Waals surface area (Å²) in [5.41, 5.74) is 0.407. The third-order valence-electron chi connectivity index (χ3n) is 1.22. The summed E-state index contributed by atoms with van der Waals surface area (Å²) in [5, 5.41) is 17.0. The van der Waals surface area contributed by atoms with Crippen LogP contribution in [-0.2, 0) is 6.61 Å². The number of carboxylic acid groups (broad SMARTS) is 1. The first-order valence-corrected chi connectivity index (χ1v) is 2.95. The van der Waals surface area contributed by atoms with Crippen molar-refractivity contribution in [3.8, 4) is 0 Å². The first-order valence-electron chi connectivity index (χ1n) is 2.95. The van der Waals surface area contributed by atoms with Gasteiger partial charge in [0.25, 0.3) is 0 Å². The summed E-state index contributed by atoms with van der Waals surface area (Å²) in [6.07, 6.45) is 0. The van der Waals surface area contributed by atoms with E-state index in [1.807, 2.05) is 0 Å². The molecule has 0 bridgehead atoms. The van der Waals surface area contributed by atoms with Crippen LogP contribution >= 0.6 is 0 Å². The number of carboxylic acids is 1. The molecule has 0 amide bonds. The van der Waals surface area contributed by atoms with Gasteiger partial charge in [-0.15, -0.1) is 0 Å². The average Bonchev–Trinajstić information content (AvgIpc) is 2.31. The van der Waals surface area contributed by atoms with Crippen LogP contribution in [0.5, 0.6) is 0 Å². The fourth-order valence-corrected chi connectivity index (χ4v) is 0.666. The van der Waals surface area contributed by atoms with Crippen molar-refractivity contribution in [2.45, 2.75) is 13.5 Å². The number of nitrogens with zero attached hydrogens (tertiary/aromatic N) is 1. The van der Waals surface area contributed by atoms with Crippen LogP contribution in [-0.4, -0.2) is 21.2 Å². The lowest BCUT2D eigenvalue weighted by Crippen LogP contribution is -1.95. The van der Waals surface area contributed by atoms with Crippen LogP contribution in [0.2, 0.25) is 0 Å². The Balaban J connectivity index is 3.05. The maximum Gasteiger partial charge on any atom is 0.392 e. The number of carbonyl (C=O) groups is 1.